The maximum atomic E-state index is 10.3. The molecule has 0 saturated heterocycles. The molecule has 18 heavy (non-hydrogen) atoms. The van der Waals surface area contributed by atoms with Crippen molar-refractivity contribution in [2.75, 3.05) is 7.11 Å². The third-order valence-corrected chi connectivity index (χ3v) is 3.11. The largest absolute Gasteiger partial charge is 0.390 e. The van der Waals surface area contributed by atoms with E-state index in [4.69, 9.17) is 4.74 Å². The van der Waals surface area contributed by atoms with Crippen LogP contribution < -0.4 is 0 Å². The van der Waals surface area contributed by atoms with Gasteiger partial charge in [-0.05, 0) is 11.8 Å². The number of nitrogens with zero attached hydrogens (tertiary/aromatic N) is 2. The molecular weight excluding hydrogens is 228 g/mol. The number of aryl methyl sites for hydroxylation is 1. The highest BCUT2D eigenvalue weighted by molar-refractivity contribution is 4.97. The number of hydrogen-bond donors (Lipinski definition) is 1. The van der Waals surface area contributed by atoms with Crippen LogP contribution in [0.4, 0.5) is 0 Å². The summed E-state index contributed by atoms with van der Waals surface area (Å²) in [6, 6.07) is 0. The molecular formula is C14H26N2O2. The van der Waals surface area contributed by atoms with Crippen molar-refractivity contribution in [3.05, 3.63) is 18.2 Å². The molecule has 0 fully saturated rings. The monoisotopic (exact) mass is 254 g/mol. The molecule has 0 amide bonds. The molecule has 1 rings (SSSR count). The van der Waals surface area contributed by atoms with Crippen molar-refractivity contribution in [1.29, 1.82) is 0 Å². The molecule has 1 aromatic rings. The summed E-state index contributed by atoms with van der Waals surface area (Å²) in [4.78, 5) is 4.32. The highest BCUT2D eigenvalue weighted by Gasteiger charge is 2.31. The van der Waals surface area contributed by atoms with Gasteiger partial charge in [0.1, 0.15) is 5.82 Å². The zero-order chi connectivity index (χ0) is 13.8. The van der Waals surface area contributed by atoms with E-state index >= 15 is 0 Å². The first-order valence-corrected chi connectivity index (χ1v) is 6.61. The van der Waals surface area contributed by atoms with Crippen molar-refractivity contribution < 1.29 is 9.84 Å². The summed E-state index contributed by atoms with van der Waals surface area (Å²) in [5.41, 5.74) is -0.0870. The van der Waals surface area contributed by atoms with E-state index in [0.29, 0.717) is 6.42 Å². The molecule has 0 aliphatic carbocycles. The summed E-state index contributed by atoms with van der Waals surface area (Å²) < 4.78 is 7.53. The molecule has 1 aromatic heterocycles. The van der Waals surface area contributed by atoms with Gasteiger partial charge in [-0.3, -0.25) is 0 Å². The first-order chi connectivity index (χ1) is 8.40. The van der Waals surface area contributed by atoms with Gasteiger partial charge in [0, 0.05) is 32.5 Å². The molecule has 4 heteroatoms. The lowest BCUT2D eigenvalue weighted by atomic mass is 9.84. The lowest BCUT2D eigenvalue weighted by molar-refractivity contribution is -0.0707. The van der Waals surface area contributed by atoms with Crippen LogP contribution in [0.5, 0.6) is 0 Å². The minimum atomic E-state index is -0.534. The Morgan fingerprint density at radius 3 is 2.61 bits per heavy atom. The molecule has 0 saturated carbocycles. The smallest absolute Gasteiger partial charge is 0.111 e. The van der Waals surface area contributed by atoms with Crippen molar-refractivity contribution in [3.8, 4) is 0 Å². The minimum Gasteiger partial charge on any atom is -0.390 e. The van der Waals surface area contributed by atoms with Crippen LogP contribution in [0.15, 0.2) is 12.4 Å². The number of hydrogen-bond acceptors (Lipinski definition) is 3. The topological polar surface area (TPSA) is 47.3 Å². The van der Waals surface area contributed by atoms with Gasteiger partial charge < -0.3 is 14.4 Å². The average Bonchev–Trinajstić information content (AvgIpc) is 2.65. The van der Waals surface area contributed by atoms with Gasteiger partial charge in [-0.1, -0.05) is 27.7 Å². The molecule has 0 radical (unpaired) electrons. The van der Waals surface area contributed by atoms with E-state index in [1.54, 1.807) is 13.3 Å². The number of methoxy groups -OCH3 is 1. The first kappa shape index (κ1) is 15.2. The second-order valence-electron chi connectivity index (χ2n) is 5.83. The average molecular weight is 254 g/mol. The van der Waals surface area contributed by atoms with Gasteiger partial charge in [-0.2, -0.15) is 0 Å². The number of aliphatic hydroxyl groups excluding tert-OH is 1. The number of aromatic nitrogens is 2. The Morgan fingerprint density at radius 1 is 1.44 bits per heavy atom. The molecule has 2 unspecified atom stereocenters. The van der Waals surface area contributed by atoms with Crippen LogP contribution in [0.1, 0.15) is 39.9 Å². The maximum Gasteiger partial charge on any atom is 0.111 e. The van der Waals surface area contributed by atoms with Crippen molar-refractivity contribution >= 4 is 0 Å². The molecule has 104 valence electrons. The second kappa shape index (κ2) is 6.34. The number of imidazole rings is 1. The summed E-state index contributed by atoms with van der Waals surface area (Å²) in [6.45, 7) is 9.29. The molecule has 2 atom stereocenters. The Kier molecular flexibility index (Phi) is 5.35. The van der Waals surface area contributed by atoms with E-state index in [2.05, 4.69) is 37.2 Å². The van der Waals surface area contributed by atoms with Crippen LogP contribution in [-0.4, -0.2) is 34.0 Å². The minimum absolute atomic E-state index is 0.0870. The molecule has 0 aromatic carbocycles. The second-order valence-corrected chi connectivity index (χ2v) is 5.83. The van der Waals surface area contributed by atoms with Crippen LogP contribution >= 0.6 is 0 Å². The molecule has 1 N–H and O–H groups in total. The van der Waals surface area contributed by atoms with E-state index in [1.165, 1.54) is 0 Å². The van der Waals surface area contributed by atoms with Crippen LogP contribution in [0.25, 0.3) is 0 Å². The van der Waals surface area contributed by atoms with Crippen LogP contribution in [0.2, 0.25) is 0 Å². The summed E-state index contributed by atoms with van der Waals surface area (Å²) in [6.07, 6.45) is 4.62. The summed E-state index contributed by atoms with van der Waals surface area (Å²) in [7, 11) is 1.65. The Hall–Kier alpha value is -0.870. The van der Waals surface area contributed by atoms with Gasteiger partial charge in [0.2, 0.25) is 0 Å². The zero-order valence-corrected chi connectivity index (χ0v) is 12.2. The van der Waals surface area contributed by atoms with Crippen LogP contribution in [-0.2, 0) is 17.7 Å². The predicted octanol–water partition coefficient (Wildman–Crippen LogP) is 2.26. The SMILES string of the molecule is CCCn1ccnc1CC(O)C(OC)C(C)(C)C. The fraction of sp³-hybridized carbons (Fsp3) is 0.786. The lowest BCUT2D eigenvalue weighted by Crippen LogP contribution is -2.41. The van der Waals surface area contributed by atoms with Gasteiger partial charge in [0.05, 0.1) is 12.2 Å². The van der Waals surface area contributed by atoms with E-state index in [-0.39, 0.29) is 11.5 Å². The molecule has 0 aliphatic rings. The Labute approximate surface area is 110 Å². The summed E-state index contributed by atoms with van der Waals surface area (Å²) in [5, 5.41) is 10.3. The van der Waals surface area contributed by atoms with E-state index in [9.17, 15) is 5.11 Å². The fourth-order valence-corrected chi connectivity index (χ4v) is 2.36. The maximum absolute atomic E-state index is 10.3. The highest BCUT2D eigenvalue weighted by Crippen LogP contribution is 2.25. The standard InChI is InChI=1S/C14H26N2O2/c1-6-8-16-9-7-15-12(16)10-11(17)13(18-5)14(2,3)4/h7,9,11,13,17H,6,8,10H2,1-5H3. The van der Waals surface area contributed by atoms with Gasteiger partial charge in [0.25, 0.3) is 0 Å². The fourth-order valence-electron chi connectivity index (χ4n) is 2.36. The lowest BCUT2D eigenvalue weighted by Gasteiger charge is -2.33. The zero-order valence-electron chi connectivity index (χ0n) is 12.2. The van der Waals surface area contributed by atoms with Gasteiger partial charge in [0.15, 0.2) is 0 Å². The van der Waals surface area contributed by atoms with Crippen LogP contribution in [0.3, 0.4) is 0 Å². The van der Waals surface area contributed by atoms with Crippen molar-refractivity contribution in [2.45, 2.75) is 59.3 Å². The Balaban J connectivity index is 2.73. The predicted molar refractivity (Wildman–Crippen MR) is 72.5 cm³/mol. The molecule has 4 nitrogen and oxygen atoms in total. The van der Waals surface area contributed by atoms with Gasteiger partial charge in [-0.25, -0.2) is 4.98 Å². The van der Waals surface area contributed by atoms with Crippen molar-refractivity contribution in [3.63, 3.8) is 0 Å². The van der Waals surface area contributed by atoms with E-state index < -0.39 is 6.10 Å². The Bertz CT molecular complexity index is 355. The molecule has 0 bridgehead atoms. The van der Waals surface area contributed by atoms with Crippen LogP contribution in [0, 0.1) is 5.41 Å². The normalized spacial score (nSPS) is 15.7. The third kappa shape index (κ3) is 3.82. The van der Waals surface area contributed by atoms with E-state index in [1.807, 2.05) is 6.20 Å². The van der Waals surface area contributed by atoms with Crippen molar-refractivity contribution in [1.82, 2.24) is 9.55 Å². The first-order valence-electron chi connectivity index (χ1n) is 6.61. The molecule has 1 heterocycles. The Morgan fingerprint density at radius 2 is 2.11 bits per heavy atom. The number of ether oxygens (including phenoxy) is 1. The quantitative estimate of drug-likeness (QED) is 0.847. The van der Waals surface area contributed by atoms with Crippen molar-refractivity contribution in [2.24, 2.45) is 5.41 Å². The molecule has 0 spiro atoms. The summed E-state index contributed by atoms with van der Waals surface area (Å²) >= 11 is 0. The summed E-state index contributed by atoms with van der Waals surface area (Å²) in [5.74, 6) is 0.927. The number of aliphatic hydroxyl groups is 1. The van der Waals surface area contributed by atoms with E-state index in [0.717, 1.165) is 18.8 Å². The number of rotatable bonds is 6. The van der Waals surface area contributed by atoms with Gasteiger partial charge >= 0.3 is 0 Å². The molecule has 0 aliphatic heterocycles. The third-order valence-electron chi connectivity index (χ3n) is 3.11. The van der Waals surface area contributed by atoms with Gasteiger partial charge in [-0.15, -0.1) is 0 Å². The highest BCUT2D eigenvalue weighted by atomic mass is 16.5.